The number of esters is 1. The molecular formula is C17H15BrClNO3. The van der Waals surface area contributed by atoms with Crippen LogP contribution < -0.4 is 5.32 Å². The Hall–Kier alpha value is -1.85. The third kappa shape index (κ3) is 4.81. The smallest absolute Gasteiger partial charge is 0.328 e. The number of hydrogen-bond donors (Lipinski definition) is 1. The first-order valence-corrected chi connectivity index (χ1v) is 8.06. The van der Waals surface area contributed by atoms with Crippen molar-refractivity contribution in [1.29, 1.82) is 0 Å². The molecule has 120 valence electrons. The van der Waals surface area contributed by atoms with Crippen molar-refractivity contribution in [3.8, 4) is 0 Å². The topological polar surface area (TPSA) is 55.4 Å². The predicted molar refractivity (Wildman–Crippen MR) is 92.6 cm³/mol. The quantitative estimate of drug-likeness (QED) is 0.786. The lowest BCUT2D eigenvalue weighted by Gasteiger charge is -2.17. The van der Waals surface area contributed by atoms with Crippen molar-refractivity contribution in [2.75, 3.05) is 7.11 Å². The molecule has 0 radical (unpaired) electrons. The van der Waals surface area contributed by atoms with Crippen molar-refractivity contribution in [2.45, 2.75) is 12.5 Å². The van der Waals surface area contributed by atoms with Gasteiger partial charge in [0, 0.05) is 21.5 Å². The van der Waals surface area contributed by atoms with Gasteiger partial charge in [-0.05, 0) is 35.9 Å². The SMILES string of the molecule is COC(=O)[C@@H](Cc1cc(Cl)ccc1Br)NC(=O)c1ccccc1. The molecule has 0 aromatic heterocycles. The zero-order valence-electron chi connectivity index (χ0n) is 12.4. The van der Waals surface area contributed by atoms with Gasteiger partial charge >= 0.3 is 5.97 Å². The molecule has 0 aliphatic carbocycles. The summed E-state index contributed by atoms with van der Waals surface area (Å²) in [5, 5.41) is 3.26. The van der Waals surface area contributed by atoms with Crippen LogP contribution in [0.25, 0.3) is 0 Å². The predicted octanol–water partition coefficient (Wildman–Crippen LogP) is 3.62. The zero-order valence-corrected chi connectivity index (χ0v) is 14.7. The van der Waals surface area contributed by atoms with Gasteiger partial charge in [0.25, 0.3) is 5.91 Å². The van der Waals surface area contributed by atoms with Crippen LogP contribution in [0, 0.1) is 0 Å². The second-order valence-corrected chi connectivity index (χ2v) is 6.15. The Kier molecular flexibility index (Phi) is 6.19. The summed E-state index contributed by atoms with van der Waals surface area (Å²) in [6, 6.07) is 13.2. The highest BCUT2D eigenvalue weighted by Gasteiger charge is 2.23. The maximum Gasteiger partial charge on any atom is 0.328 e. The van der Waals surface area contributed by atoms with Crippen LogP contribution in [0.3, 0.4) is 0 Å². The van der Waals surface area contributed by atoms with Crippen molar-refractivity contribution < 1.29 is 14.3 Å². The number of rotatable bonds is 5. The molecule has 0 fully saturated rings. The number of carbonyl (C=O) groups is 2. The van der Waals surface area contributed by atoms with Gasteiger partial charge < -0.3 is 10.1 Å². The van der Waals surface area contributed by atoms with E-state index in [-0.39, 0.29) is 12.3 Å². The zero-order chi connectivity index (χ0) is 16.8. The molecule has 0 bridgehead atoms. The number of amides is 1. The summed E-state index contributed by atoms with van der Waals surface area (Å²) >= 11 is 9.41. The molecule has 1 atom stereocenters. The Morgan fingerprint density at radius 2 is 1.91 bits per heavy atom. The number of hydrogen-bond acceptors (Lipinski definition) is 3. The first-order chi connectivity index (χ1) is 11.0. The number of nitrogens with one attached hydrogen (secondary N) is 1. The van der Waals surface area contributed by atoms with E-state index in [0.29, 0.717) is 10.6 Å². The molecule has 1 amide bonds. The fourth-order valence-electron chi connectivity index (χ4n) is 2.09. The van der Waals surface area contributed by atoms with Crippen LogP contribution >= 0.6 is 27.5 Å². The van der Waals surface area contributed by atoms with Crippen LogP contribution in [0.5, 0.6) is 0 Å². The second-order valence-electron chi connectivity index (χ2n) is 4.86. The van der Waals surface area contributed by atoms with Gasteiger partial charge in [-0.1, -0.05) is 45.7 Å². The number of halogens is 2. The van der Waals surface area contributed by atoms with Gasteiger partial charge in [0.1, 0.15) is 6.04 Å². The normalized spacial score (nSPS) is 11.6. The van der Waals surface area contributed by atoms with Crippen molar-refractivity contribution in [3.05, 3.63) is 69.2 Å². The minimum atomic E-state index is -0.803. The summed E-state index contributed by atoms with van der Waals surface area (Å²) in [6.07, 6.45) is 0.270. The summed E-state index contributed by atoms with van der Waals surface area (Å²) in [4.78, 5) is 24.3. The van der Waals surface area contributed by atoms with Crippen LogP contribution in [-0.4, -0.2) is 25.0 Å². The first-order valence-electron chi connectivity index (χ1n) is 6.89. The molecule has 6 heteroatoms. The largest absolute Gasteiger partial charge is 0.467 e. The van der Waals surface area contributed by atoms with Crippen LogP contribution in [0.15, 0.2) is 53.0 Å². The van der Waals surface area contributed by atoms with Crippen LogP contribution in [0.1, 0.15) is 15.9 Å². The summed E-state index contributed by atoms with van der Waals surface area (Å²) in [6.45, 7) is 0. The Balaban J connectivity index is 2.19. The van der Waals surface area contributed by atoms with E-state index in [2.05, 4.69) is 21.2 Å². The molecule has 0 spiro atoms. The number of ether oxygens (including phenoxy) is 1. The molecule has 0 unspecified atom stereocenters. The second kappa shape index (κ2) is 8.13. The summed E-state index contributed by atoms with van der Waals surface area (Å²) < 4.78 is 5.60. The third-order valence-electron chi connectivity index (χ3n) is 3.26. The standard InChI is InChI=1S/C17H15BrClNO3/c1-23-17(22)15(10-12-9-13(19)7-8-14(12)18)20-16(21)11-5-3-2-4-6-11/h2-9,15H,10H2,1H3,(H,20,21)/t15-/m1/s1. The molecule has 0 saturated heterocycles. The molecule has 1 N–H and O–H groups in total. The third-order valence-corrected chi connectivity index (χ3v) is 4.27. The van der Waals surface area contributed by atoms with E-state index in [1.807, 2.05) is 6.07 Å². The Labute approximate surface area is 147 Å². The molecule has 2 rings (SSSR count). The molecule has 0 aliphatic rings. The number of carbonyl (C=O) groups excluding carboxylic acids is 2. The summed E-state index contributed by atoms with van der Waals surface area (Å²) in [5.74, 6) is -0.847. The lowest BCUT2D eigenvalue weighted by atomic mass is 10.1. The van der Waals surface area contributed by atoms with Gasteiger partial charge in [-0.3, -0.25) is 4.79 Å². The van der Waals surface area contributed by atoms with Crippen LogP contribution in [0.2, 0.25) is 5.02 Å². The molecular weight excluding hydrogens is 382 g/mol. The van der Waals surface area contributed by atoms with Crippen LogP contribution in [-0.2, 0) is 16.0 Å². The average Bonchev–Trinajstić information content (AvgIpc) is 2.57. The van der Waals surface area contributed by atoms with E-state index in [1.165, 1.54) is 7.11 Å². The first kappa shape index (κ1) is 17.5. The van der Waals surface area contributed by atoms with Crippen molar-refractivity contribution in [2.24, 2.45) is 0 Å². The average molecular weight is 397 g/mol. The molecule has 4 nitrogen and oxygen atoms in total. The monoisotopic (exact) mass is 395 g/mol. The van der Waals surface area contributed by atoms with E-state index < -0.39 is 12.0 Å². The van der Waals surface area contributed by atoms with Gasteiger partial charge in [0.05, 0.1) is 7.11 Å². The van der Waals surface area contributed by atoms with Crippen molar-refractivity contribution in [1.82, 2.24) is 5.32 Å². The highest BCUT2D eigenvalue weighted by atomic mass is 79.9. The Morgan fingerprint density at radius 3 is 2.57 bits per heavy atom. The van der Waals surface area contributed by atoms with Gasteiger partial charge in [-0.25, -0.2) is 4.79 Å². The molecule has 0 saturated carbocycles. The van der Waals surface area contributed by atoms with E-state index in [9.17, 15) is 9.59 Å². The molecule has 0 aliphatic heterocycles. The number of benzene rings is 2. The van der Waals surface area contributed by atoms with Gasteiger partial charge in [0.2, 0.25) is 0 Å². The molecule has 2 aromatic carbocycles. The fraction of sp³-hybridized carbons (Fsp3) is 0.176. The summed E-state index contributed by atoms with van der Waals surface area (Å²) in [7, 11) is 1.29. The van der Waals surface area contributed by atoms with E-state index in [1.54, 1.807) is 42.5 Å². The molecule has 0 heterocycles. The maximum atomic E-state index is 12.3. The fourth-order valence-corrected chi connectivity index (χ4v) is 2.69. The van der Waals surface area contributed by atoms with E-state index in [4.69, 9.17) is 16.3 Å². The Morgan fingerprint density at radius 1 is 1.22 bits per heavy atom. The molecule has 23 heavy (non-hydrogen) atoms. The van der Waals surface area contributed by atoms with E-state index >= 15 is 0 Å². The minimum absolute atomic E-state index is 0.270. The Bertz CT molecular complexity index is 706. The van der Waals surface area contributed by atoms with Crippen molar-refractivity contribution >= 4 is 39.4 Å². The van der Waals surface area contributed by atoms with Gasteiger partial charge in [-0.2, -0.15) is 0 Å². The minimum Gasteiger partial charge on any atom is -0.467 e. The van der Waals surface area contributed by atoms with Crippen LogP contribution in [0.4, 0.5) is 0 Å². The highest BCUT2D eigenvalue weighted by Crippen LogP contribution is 2.22. The lowest BCUT2D eigenvalue weighted by molar-refractivity contribution is -0.142. The van der Waals surface area contributed by atoms with Crippen molar-refractivity contribution in [3.63, 3.8) is 0 Å². The van der Waals surface area contributed by atoms with Gasteiger partial charge in [0.15, 0.2) is 0 Å². The maximum absolute atomic E-state index is 12.3. The number of methoxy groups -OCH3 is 1. The lowest BCUT2D eigenvalue weighted by Crippen LogP contribution is -2.43. The van der Waals surface area contributed by atoms with E-state index in [0.717, 1.165) is 10.0 Å². The highest BCUT2D eigenvalue weighted by molar-refractivity contribution is 9.10. The molecule has 2 aromatic rings. The summed E-state index contributed by atoms with van der Waals surface area (Å²) in [5.41, 5.74) is 1.29. The van der Waals surface area contributed by atoms with Gasteiger partial charge in [-0.15, -0.1) is 0 Å².